The molecule has 200 valence electrons. The van der Waals surface area contributed by atoms with Crippen LogP contribution in [0.3, 0.4) is 0 Å². The predicted molar refractivity (Wildman–Crippen MR) is 139 cm³/mol. The maximum atomic E-state index is 13.0. The van der Waals surface area contributed by atoms with E-state index >= 15 is 0 Å². The quantitative estimate of drug-likeness (QED) is 0.460. The molecule has 0 bridgehead atoms. The molecule has 10 nitrogen and oxygen atoms in total. The molecule has 0 radical (unpaired) electrons. The smallest absolute Gasteiger partial charge is 0.411 e. The number of imide groups is 1. The van der Waals surface area contributed by atoms with Crippen LogP contribution >= 0.6 is 11.6 Å². The van der Waals surface area contributed by atoms with E-state index in [2.05, 4.69) is 16.0 Å². The number of nitrogens with one attached hydrogen (secondary N) is 3. The first-order chi connectivity index (χ1) is 18.3. The van der Waals surface area contributed by atoms with Crippen LogP contribution in [-0.2, 0) is 27.5 Å². The molecule has 2 fully saturated rings. The first kappa shape index (κ1) is 26.0. The first-order valence-electron chi connectivity index (χ1n) is 12.6. The summed E-state index contributed by atoms with van der Waals surface area (Å²) in [6.45, 7) is 4.57. The van der Waals surface area contributed by atoms with E-state index in [0.717, 1.165) is 30.6 Å². The fourth-order valence-corrected chi connectivity index (χ4v) is 5.15. The van der Waals surface area contributed by atoms with Gasteiger partial charge in [0, 0.05) is 53.3 Å². The minimum absolute atomic E-state index is 0.0531. The minimum Gasteiger partial charge on any atom is -0.493 e. The van der Waals surface area contributed by atoms with E-state index in [-0.39, 0.29) is 31.4 Å². The van der Waals surface area contributed by atoms with Crippen LogP contribution in [0, 0.1) is 12.8 Å². The molecule has 11 heteroatoms. The van der Waals surface area contributed by atoms with E-state index in [1.54, 1.807) is 30.3 Å². The minimum atomic E-state index is -0.678. The number of piperidine rings is 1. The van der Waals surface area contributed by atoms with Crippen LogP contribution in [0.4, 0.5) is 10.5 Å². The van der Waals surface area contributed by atoms with Gasteiger partial charge in [0.05, 0.1) is 6.61 Å². The maximum absolute atomic E-state index is 13.0. The van der Waals surface area contributed by atoms with Crippen molar-refractivity contribution in [2.24, 2.45) is 5.92 Å². The van der Waals surface area contributed by atoms with Gasteiger partial charge in [0.2, 0.25) is 11.8 Å². The second kappa shape index (κ2) is 11.0. The lowest BCUT2D eigenvalue weighted by Crippen LogP contribution is -2.52. The molecule has 2 atom stereocenters. The molecular formula is C27H29ClN4O6. The second-order valence-corrected chi connectivity index (χ2v) is 10.3. The lowest BCUT2D eigenvalue weighted by Gasteiger charge is -2.29. The lowest BCUT2D eigenvalue weighted by molar-refractivity contribution is -0.136. The van der Waals surface area contributed by atoms with Crippen molar-refractivity contribution in [1.82, 2.24) is 15.5 Å². The summed E-state index contributed by atoms with van der Waals surface area (Å²) in [5, 5.41) is 8.76. The SMILES string of the molecule is Cc1c(Cl)cc(NC(=O)OCc2ccc3c(c2)C(=O)N(C2CCC(=O)NC2=O)C3)cc1OCC1CCNC1. The van der Waals surface area contributed by atoms with E-state index in [9.17, 15) is 19.2 Å². The van der Waals surface area contributed by atoms with Crippen molar-refractivity contribution in [1.29, 1.82) is 0 Å². The molecule has 5 rings (SSSR count). The number of benzene rings is 2. The van der Waals surface area contributed by atoms with Crippen molar-refractivity contribution < 1.29 is 28.7 Å². The Kier molecular flexibility index (Phi) is 7.53. The summed E-state index contributed by atoms with van der Waals surface area (Å²) in [6, 6.07) is 7.92. The van der Waals surface area contributed by atoms with Gasteiger partial charge in [-0.2, -0.15) is 0 Å². The number of carbonyl (C=O) groups excluding carboxylic acids is 4. The molecule has 38 heavy (non-hydrogen) atoms. The zero-order valence-corrected chi connectivity index (χ0v) is 21.7. The third kappa shape index (κ3) is 5.61. The van der Waals surface area contributed by atoms with Gasteiger partial charge >= 0.3 is 6.09 Å². The molecule has 3 aliphatic heterocycles. The number of ether oxygens (including phenoxy) is 2. The number of rotatable bonds is 7. The Labute approximate surface area is 225 Å². The summed E-state index contributed by atoms with van der Waals surface area (Å²) in [5.41, 5.74) is 3.12. The molecule has 0 saturated carbocycles. The van der Waals surface area contributed by atoms with Gasteiger partial charge in [-0.05, 0) is 49.6 Å². The van der Waals surface area contributed by atoms with Gasteiger partial charge in [0.1, 0.15) is 18.4 Å². The topological polar surface area (TPSA) is 126 Å². The summed E-state index contributed by atoms with van der Waals surface area (Å²) >= 11 is 6.36. The lowest BCUT2D eigenvalue weighted by atomic mass is 10.0. The van der Waals surface area contributed by atoms with E-state index in [0.29, 0.717) is 46.5 Å². The number of fused-ring (bicyclic) bond motifs is 1. The Hall–Kier alpha value is -3.63. The Bertz CT molecular complexity index is 1290. The van der Waals surface area contributed by atoms with Gasteiger partial charge in [-0.15, -0.1) is 0 Å². The average molecular weight is 541 g/mol. The van der Waals surface area contributed by atoms with Crippen molar-refractivity contribution in [2.75, 3.05) is 25.0 Å². The number of halogens is 1. The number of amides is 4. The molecule has 0 aromatic heterocycles. The van der Waals surface area contributed by atoms with Gasteiger partial charge in [0.25, 0.3) is 5.91 Å². The normalized spacial score (nSPS) is 20.8. The number of hydrogen-bond acceptors (Lipinski definition) is 7. The number of hydrogen-bond donors (Lipinski definition) is 3. The molecule has 3 heterocycles. The number of nitrogens with zero attached hydrogens (tertiary/aromatic N) is 1. The predicted octanol–water partition coefficient (Wildman–Crippen LogP) is 3.15. The van der Waals surface area contributed by atoms with E-state index < -0.39 is 18.0 Å². The highest BCUT2D eigenvalue weighted by Gasteiger charge is 2.39. The Morgan fingerprint density at radius 1 is 1.18 bits per heavy atom. The molecule has 2 saturated heterocycles. The van der Waals surface area contributed by atoms with Crippen molar-refractivity contribution in [3.8, 4) is 5.75 Å². The third-order valence-corrected chi connectivity index (χ3v) is 7.54. The fraction of sp³-hybridized carbons (Fsp3) is 0.407. The molecular weight excluding hydrogens is 512 g/mol. The highest BCUT2D eigenvalue weighted by Crippen LogP contribution is 2.31. The van der Waals surface area contributed by atoms with Gasteiger partial charge < -0.3 is 19.7 Å². The highest BCUT2D eigenvalue weighted by atomic mass is 35.5. The van der Waals surface area contributed by atoms with Crippen molar-refractivity contribution in [2.45, 2.75) is 45.4 Å². The Morgan fingerprint density at radius 3 is 2.79 bits per heavy atom. The van der Waals surface area contributed by atoms with Crippen LogP contribution in [0.2, 0.25) is 5.02 Å². The number of carbonyl (C=O) groups is 4. The fourth-order valence-electron chi connectivity index (χ4n) is 4.93. The summed E-state index contributed by atoms with van der Waals surface area (Å²) in [4.78, 5) is 50.7. The molecule has 2 unspecified atom stereocenters. The van der Waals surface area contributed by atoms with Crippen molar-refractivity contribution in [3.63, 3.8) is 0 Å². The van der Waals surface area contributed by atoms with Gasteiger partial charge in [-0.3, -0.25) is 25.0 Å². The standard InChI is InChI=1S/C27H29ClN4O6/c1-15-21(28)9-19(10-23(15)37-14-17-6-7-29-11-17)30-27(36)38-13-16-2-3-18-12-32(26(35)20(18)8-16)22-4-5-24(33)31-25(22)34/h2-3,8-10,17,22,29H,4-7,11-14H2,1H3,(H,30,36)(H,31,33,34). The van der Waals surface area contributed by atoms with Crippen LogP contribution in [0.25, 0.3) is 0 Å². The second-order valence-electron chi connectivity index (χ2n) is 9.84. The van der Waals surface area contributed by atoms with Crippen LogP contribution in [-0.4, -0.2) is 54.5 Å². The molecule has 0 spiro atoms. The van der Waals surface area contributed by atoms with Crippen molar-refractivity contribution in [3.05, 3.63) is 57.6 Å². The zero-order valence-electron chi connectivity index (χ0n) is 21.0. The molecule has 3 aliphatic rings. The van der Waals surface area contributed by atoms with Gasteiger partial charge in [0.15, 0.2) is 0 Å². The third-order valence-electron chi connectivity index (χ3n) is 7.14. The van der Waals surface area contributed by atoms with Gasteiger partial charge in [-0.25, -0.2) is 4.79 Å². The van der Waals surface area contributed by atoms with Crippen LogP contribution in [0.1, 0.15) is 46.3 Å². The van der Waals surface area contributed by atoms with Gasteiger partial charge in [-0.1, -0.05) is 23.7 Å². The monoisotopic (exact) mass is 540 g/mol. The first-order valence-corrected chi connectivity index (χ1v) is 13.0. The largest absolute Gasteiger partial charge is 0.493 e. The van der Waals surface area contributed by atoms with Crippen LogP contribution < -0.4 is 20.7 Å². The van der Waals surface area contributed by atoms with E-state index in [1.807, 2.05) is 6.92 Å². The Morgan fingerprint density at radius 2 is 2.03 bits per heavy atom. The summed E-state index contributed by atoms with van der Waals surface area (Å²) in [6.07, 6.45) is 0.879. The maximum Gasteiger partial charge on any atom is 0.411 e. The molecule has 3 N–H and O–H groups in total. The molecule has 2 aromatic rings. The summed E-state index contributed by atoms with van der Waals surface area (Å²) < 4.78 is 11.4. The number of anilines is 1. The van der Waals surface area contributed by atoms with E-state index in [1.165, 1.54) is 4.90 Å². The van der Waals surface area contributed by atoms with Crippen molar-refractivity contribution >= 4 is 41.1 Å². The molecule has 4 amide bonds. The van der Waals surface area contributed by atoms with E-state index in [4.69, 9.17) is 21.1 Å². The molecule has 2 aromatic carbocycles. The molecule has 0 aliphatic carbocycles. The summed E-state index contributed by atoms with van der Waals surface area (Å²) in [5.74, 6) is -0.0205. The Balaban J connectivity index is 1.18. The average Bonchev–Trinajstić information content (AvgIpc) is 3.52. The zero-order chi connectivity index (χ0) is 26.8. The highest BCUT2D eigenvalue weighted by molar-refractivity contribution is 6.31. The summed E-state index contributed by atoms with van der Waals surface area (Å²) in [7, 11) is 0. The van der Waals surface area contributed by atoms with Crippen LogP contribution in [0.15, 0.2) is 30.3 Å². The van der Waals surface area contributed by atoms with Crippen LogP contribution in [0.5, 0.6) is 5.75 Å².